The van der Waals surface area contributed by atoms with Gasteiger partial charge in [-0.3, -0.25) is 4.79 Å². The molecule has 1 atom stereocenters. The molecule has 0 radical (unpaired) electrons. The molecule has 9 heteroatoms. The third kappa shape index (κ3) is 3.81. The Morgan fingerprint density at radius 1 is 1.23 bits per heavy atom. The van der Waals surface area contributed by atoms with Gasteiger partial charge in [0, 0.05) is 16.1 Å². The Bertz CT molecular complexity index is 930. The van der Waals surface area contributed by atoms with Gasteiger partial charge in [-0.05, 0) is 42.5 Å². The number of halogens is 2. The third-order valence-electron chi connectivity index (χ3n) is 3.53. The van der Waals surface area contributed by atoms with Crippen LogP contribution in [0.2, 0.25) is 5.02 Å². The van der Waals surface area contributed by atoms with E-state index >= 15 is 0 Å². The van der Waals surface area contributed by atoms with Gasteiger partial charge in [0.25, 0.3) is 5.91 Å². The van der Waals surface area contributed by atoms with Crippen LogP contribution in [0.15, 0.2) is 46.9 Å². The van der Waals surface area contributed by atoms with Gasteiger partial charge in [-0.15, -0.1) is 10.2 Å². The molecular weight excluding hydrogens is 365 g/mol. The van der Waals surface area contributed by atoms with E-state index < -0.39 is 30.1 Å². The molecule has 3 N–H and O–H groups in total. The number of aromatic hydroxyl groups is 1. The van der Waals surface area contributed by atoms with Crippen LogP contribution >= 0.6 is 11.6 Å². The highest BCUT2D eigenvalue weighted by Crippen LogP contribution is 2.25. The van der Waals surface area contributed by atoms with Gasteiger partial charge in [0.1, 0.15) is 6.04 Å². The van der Waals surface area contributed by atoms with Crippen molar-refractivity contribution in [3.05, 3.63) is 64.8 Å². The fraction of sp³-hybridized carbons (Fsp3) is 0.118. The number of benzene rings is 2. The quantitative estimate of drug-likeness (QED) is 0.631. The number of hydrogen-bond acceptors (Lipinski definition) is 6. The van der Waals surface area contributed by atoms with Crippen LogP contribution in [0.1, 0.15) is 22.3 Å². The Morgan fingerprint density at radius 3 is 2.62 bits per heavy atom. The predicted molar refractivity (Wildman–Crippen MR) is 90.1 cm³/mol. The van der Waals surface area contributed by atoms with E-state index in [1.54, 1.807) is 12.1 Å². The highest BCUT2D eigenvalue weighted by molar-refractivity contribution is 6.30. The molecule has 1 amide bonds. The number of aliphatic hydroxyl groups is 1. The molecule has 7 nitrogen and oxygen atoms in total. The molecule has 1 aromatic heterocycles. The molecule has 0 bridgehead atoms. The van der Waals surface area contributed by atoms with Gasteiger partial charge < -0.3 is 19.9 Å². The van der Waals surface area contributed by atoms with E-state index in [0.29, 0.717) is 10.6 Å². The highest BCUT2D eigenvalue weighted by atomic mass is 35.5. The van der Waals surface area contributed by atoms with Crippen LogP contribution in [0.5, 0.6) is 5.75 Å². The Labute approximate surface area is 152 Å². The summed E-state index contributed by atoms with van der Waals surface area (Å²) in [7, 11) is 0. The lowest BCUT2D eigenvalue weighted by Gasteiger charge is -2.12. The summed E-state index contributed by atoms with van der Waals surface area (Å²) < 4.78 is 18.8. The second-order valence-corrected chi connectivity index (χ2v) is 5.76. The minimum absolute atomic E-state index is 0.0157. The zero-order chi connectivity index (χ0) is 18.7. The number of carbonyl (C=O) groups excluding carboxylic acids is 1. The molecule has 134 valence electrons. The van der Waals surface area contributed by atoms with E-state index in [4.69, 9.17) is 16.0 Å². The number of phenols is 1. The van der Waals surface area contributed by atoms with Crippen LogP contribution < -0.4 is 5.32 Å². The summed E-state index contributed by atoms with van der Waals surface area (Å²) in [5.41, 5.74) is 0.591. The molecule has 1 unspecified atom stereocenters. The fourth-order valence-electron chi connectivity index (χ4n) is 2.16. The minimum atomic E-state index is -0.943. The van der Waals surface area contributed by atoms with Crippen LogP contribution in [-0.2, 0) is 0 Å². The molecule has 3 rings (SSSR count). The lowest BCUT2D eigenvalue weighted by Crippen LogP contribution is -2.31. The summed E-state index contributed by atoms with van der Waals surface area (Å²) in [6, 6.07) is 8.84. The molecule has 0 saturated heterocycles. The molecule has 2 aromatic carbocycles. The standard InChI is InChI=1S/C17H13ClFN3O4/c18-11-4-1-9(2-5-11)15(25)20-13(8-23)17-22-21-16(26-17)10-3-6-14(24)12(19)7-10/h1-7,13,23-24H,8H2,(H,20,25). The molecular formula is C17H13ClFN3O4. The van der Waals surface area contributed by atoms with Gasteiger partial charge in [0.15, 0.2) is 11.6 Å². The van der Waals surface area contributed by atoms with Crippen LogP contribution in [0.4, 0.5) is 4.39 Å². The lowest BCUT2D eigenvalue weighted by molar-refractivity contribution is 0.0905. The maximum absolute atomic E-state index is 13.4. The lowest BCUT2D eigenvalue weighted by atomic mass is 10.2. The zero-order valence-corrected chi connectivity index (χ0v) is 13.9. The molecule has 3 aromatic rings. The average molecular weight is 378 g/mol. The number of hydrogen-bond donors (Lipinski definition) is 3. The second kappa shape index (κ2) is 7.51. The summed E-state index contributed by atoms with van der Waals surface area (Å²) in [6.45, 7) is -0.481. The number of aromatic nitrogens is 2. The van der Waals surface area contributed by atoms with Crippen LogP contribution in [0.25, 0.3) is 11.5 Å². The molecule has 0 spiro atoms. The first-order valence-corrected chi connectivity index (χ1v) is 7.85. The molecule has 26 heavy (non-hydrogen) atoms. The second-order valence-electron chi connectivity index (χ2n) is 5.33. The summed E-state index contributed by atoms with van der Waals surface area (Å²) in [4.78, 5) is 12.2. The topological polar surface area (TPSA) is 108 Å². The van der Waals surface area contributed by atoms with Crippen molar-refractivity contribution in [1.82, 2.24) is 15.5 Å². The first-order chi connectivity index (χ1) is 12.5. The van der Waals surface area contributed by atoms with Crippen molar-refractivity contribution >= 4 is 17.5 Å². The predicted octanol–water partition coefficient (Wildman–Crippen LogP) is 2.70. The zero-order valence-electron chi connectivity index (χ0n) is 13.2. The van der Waals surface area contributed by atoms with Crippen LogP contribution in [0.3, 0.4) is 0 Å². The summed E-state index contributed by atoms with van der Waals surface area (Å²) >= 11 is 5.78. The fourth-order valence-corrected chi connectivity index (χ4v) is 2.29. The normalized spacial score (nSPS) is 12.0. The summed E-state index contributed by atoms with van der Waals surface area (Å²) in [6.07, 6.45) is 0. The first kappa shape index (κ1) is 17.8. The van der Waals surface area contributed by atoms with Gasteiger partial charge in [-0.1, -0.05) is 11.6 Å². The van der Waals surface area contributed by atoms with Crippen molar-refractivity contribution in [3.63, 3.8) is 0 Å². The average Bonchev–Trinajstić information content (AvgIpc) is 3.12. The Kier molecular flexibility index (Phi) is 5.15. The van der Waals surface area contributed by atoms with Gasteiger partial charge >= 0.3 is 0 Å². The largest absolute Gasteiger partial charge is 0.505 e. The van der Waals surface area contributed by atoms with E-state index in [0.717, 1.165) is 12.1 Å². The van der Waals surface area contributed by atoms with Crippen molar-refractivity contribution in [2.75, 3.05) is 6.61 Å². The maximum atomic E-state index is 13.4. The van der Waals surface area contributed by atoms with Crippen molar-refractivity contribution in [1.29, 1.82) is 0 Å². The van der Waals surface area contributed by atoms with E-state index in [1.807, 2.05) is 0 Å². The molecule has 0 saturated carbocycles. The van der Waals surface area contributed by atoms with Crippen molar-refractivity contribution in [3.8, 4) is 17.2 Å². The number of nitrogens with zero attached hydrogens (tertiary/aromatic N) is 2. The first-order valence-electron chi connectivity index (χ1n) is 7.47. The highest BCUT2D eigenvalue weighted by Gasteiger charge is 2.22. The van der Waals surface area contributed by atoms with Gasteiger partial charge in [-0.2, -0.15) is 0 Å². The SMILES string of the molecule is O=C(NC(CO)c1nnc(-c2ccc(O)c(F)c2)o1)c1ccc(Cl)cc1. The number of amides is 1. The molecule has 0 aliphatic carbocycles. The van der Waals surface area contributed by atoms with Crippen molar-refractivity contribution < 1.29 is 23.8 Å². The Morgan fingerprint density at radius 2 is 1.96 bits per heavy atom. The third-order valence-corrected chi connectivity index (χ3v) is 3.78. The Balaban J connectivity index is 1.78. The number of phenolic OH excluding ortho intramolecular Hbond substituents is 1. The maximum Gasteiger partial charge on any atom is 0.251 e. The van der Waals surface area contributed by atoms with E-state index in [1.165, 1.54) is 18.2 Å². The van der Waals surface area contributed by atoms with Crippen molar-refractivity contribution in [2.45, 2.75) is 6.04 Å². The van der Waals surface area contributed by atoms with E-state index in [2.05, 4.69) is 15.5 Å². The van der Waals surface area contributed by atoms with Gasteiger partial charge in [0.2, 0.25) is 11.8 Å². The molecule has 0 aliphatic rings. The summed E-state index contributed by atoms with van der Waals surface area (Å²) in [5, 5.41) is 29.3. The Hall–Kier alpha value is -2.97. The van der Waals surface area contributed by atoms with Gasteiger partial charge in [-0.25, -0.2) is 4.39 Å². The van der Waals surface area contributed by atoms with E-state index in [9.17, 15) is 19.4 Å². The van der Waals surface area contributed by atoms with Crippen molar-refractivity contribution in [2.24, 2.45) is 0 Å². The smallest absolute Gasteiger partial charge is 0.251 e. The molecule has 0 aliphatic heterocycles. The van der Waals surface area contributed by atoms with E-state index in [-0.39, 0.29) is 17.3 Å². The number of carbonyl (C=O) groups is 1. The van der Waals surface area contributed by atoms with Crippen LogP contribution in [0, 0.1) is 5.82 Å². The summed E-state index contributed by atoms with van der Waals surface area (Å²) in [5.74, 6) is -1.86. The number of rotatable bonds is 5. The molecule has 0 fully saturated rings. The molecule has 1 heterocycles. The number of aliphatic hydroxyl groups excluding tert-OH is 1. The van der Waals surface area contributed by atoms with Gasteiger partial charge in [0.05, 0.1) is 6.61 Å². The minimum Gasteiger partial charge on any atom is -0.505 e. The monoisotopic (exact) mass is 377 g/mol. The number of nitrogens with one attached hydrogen (secondary N) is 1. The van der Waals surface area contributed by atoms with Crippen LogP contribution in [-0.4, -0.2) is 32.9 Å².